The first kappa shape index (κ1) is 39.0. The predicted octanol–water partition coefficient (Wildman–Crippen LogP) is 5.84. The van der Waals surface area contributed by atoms with Crippen LogP contribution in [0.15, 0.2) is 84.9 Å². The number of rotatable bonds is 13. The molecule has 4 aliphatic rings. The number of aromatic hydroxyl groups is 1. The van der Waals surface area contributed by atoms with Crippen LogP contribution < -0.4 is 19.7 Å². The molecule has 1 radical (unpaired) electrons. The number of imide groups is 1. The van der Waals surface area contributed by atoms with E-state index in [0.29, 0.717) is 25.1 Å². The standard InChI is InChI=1S/C46H49N6O6S/c53-35-8-14-39-41(30-35)59-44(32-5-2-1-3-6-32)43(39)58-37-11-9-36(10-12-37)57-28-27-50-21-19-48(20-22-50)17-4-18-49-23-25-51(26-24-49)34-7-13-38-33(29-34)31-52(46(38)56)40-15-16-42(54)47-45(40)55/h2-3,5-14,29-30,40,53H,4,15-28,31H2,(H,47,54,55). The molecule has 4 aromatic carbocycles. The van der Waals surface area contributed by atoms with E-state index in [4.69, 9.17) is 9.47 Å². The van der Waals surface area contributed by atoms with E-state index in [1.165, 1.54) is 0 Å². The van der Waals surface area contributed by atoms with Crippen molar-refractivity contribution in [2.75, 3.05) is 83.5 Å². The minimum absolute atomic E-state index is 0.128. The van der Waals surface area contributed by atoms with Gasteiger partial charge in [0.1, 0.15) is 29.9 Å². The smallest absolute Gasteiger partial charge is 0.255 e. The van der Waals surface area contributed by atoms with Crippen molar-refractivity contribution in [1.29, 1.82) is 0 Å². The summed E-state index contributed by atoms with van der Waals surface area (Å²) in [6, 6.07) is 29.5. The lowest BCUT2D eigenvalue weighted by molar-refractivity contribution is -0.136. The lowest BCUT2D eigenvalue weighted by Crippen LogP contribution is -2.52. The molecule has 3 amide bonds. The molecule has 0 spiro atoms. The van der Waals surface area contributed by atoms with Crippen molar-refractivity contribution in [3.8, 4) is 33.4 Å². The summed E-state index contributed by atoms with van der Waals surface area (Å²) in [6.07, 6.45) is 1.79. The van der Waals surface area contributed by atoms with Crippen LogP contribution in [0.5, 0.6) is 23.0 Å². The molecule has 1 unspecified atom stereocenters. The molecule has 2 N–H and O–H groups in total. The monoisotopic (exact) mass is 813 g/mol. The fraction of sp³-hybridized carbons (Fsp3) is 0.370. The van der Waals surface area contributed by atoms with Crippen LogP contribution in [0.2, 0.25) is 0 Å². The molecule has 12 nitrogen and oxygen atoms in total. The zero-order valence-corrected chi connectivity index (χ0v) is 33.9. The number of piperidine rings is 1. The van der Waals surface area contributed by atoms with Gasteiger partial charge in [0.05, 0.1) is 4.88 Å². The Balaban J connectivity index is 0.670. The maximum absolute atomic E-state index is 13.1. The van der Waals surface area contributed by atoms with Gasteiger partial charge in [0.25, 0.3) is 5.91 Å². The van der Waals surface area contributed by atoms with Crippen molar-refractivity contribution in [1.82, 2.24) is 24.9 Å². The van der Waals surface area contributed by atoms with Crippen molar-refractivity contribution < 1.29 is 29.0 Å². The lowest BCUT2D eigenvalue weighted by atomic mass is 10.0. The number of carbonyl (C=O) groups excluding carboxylic acids is 3. The van der Waals surface area contributed by atoms with Crippen LogP contribution in [0.25, 0.3) is 20.5 Å². The van der Waals surface area contributed by atoms with Crippen LogP contribution in [0, 0.1) is 6.07 Å². The van der Waals surface area contributed by atoms with Crippen LogP contribution in [0.3, 0.4) is 0 Å². The first-order valence-electron chi connectivity index (χ1n) is 20.7. The number of thiophene rings is 1. The number of hydrogen-bond acceptors (Lipinski definition) is 11. The van der Waals surface area contributed by atoms with E-state index in [0.717, 1.165) is 127 Å². The van der Waals surface area contributed by atoms with Gasteiger partial charge in [-0.05, 0) is 104 Å². The molecule has 0 aliphatic carbocycles. The van der Waals surface area contributed by atoms with E-state index in [1.807, 2.05) is 66.7 Å². The number of fused-ring (bicyclic) bond motifs is 2. The minimum atomic E-state index is -0.589. The summed E-state index contributed by atoms with van der Waals surface area (Å²) in [4.78, 5) is 49.8. The minimum Gasteiger partial charge on any atom is -0.508 e. The van der Waals surface area contributed by atoms with Crippen molar-refractivity contribution in [3.05, 3.63) is 102 Å². The van der Waals surface area contributed by atoms with E-state index in [-0.39, 0.29) is 29.9 Å². The predicted molar refractivity (Wildman–Crippen MR) is 228 cm³/mol. The summed E-state index contributed by atoms with van der Waals surface area (Å²) in [5.41, 5.74) is 3.78. The van der Waals surface area contributed by atoms with Gasteiger partial charge in [-0.25, -0.2) is 0 Å². The Labute approximate surface area is 348 Å². The Kier molecular flexibility index (Phi) is 11.5. The van der Waals surface area contributed by atoms with Gasteiger partial charge in [0, 0.05) is 93.2 Å². The lowest BCUT2D eigenvalue weighted by Gasteiger charge is -2.37. The second kappa shape index (κ2) is 17.4. The van der Waals surface area contributed by atoms with Crippen molar-refractivity contribution >= 4 is 44.8 Å². The number of hydrogen-bond donors (Lipinski definition) is 2. The summed E-state index contributed by atoms with van der Waals surface area (Å²) >= 11 is 1.60. The molecule has 1 aromatic heterocycles. The Hall–Kier alpha value is -5.47. The first-order valence-corrected chi connectivity index (χ1v) is 21.5. The van der Waals surface area contributed by atoms with Crippen LogP contribution in [-0.2, 0) is 16.1 Å². The quantitative estimate of drug-likeness (QED) is 0.141. The molecule has 0 bridgehead atoms. The highest BCUT2D eigenvalue weighted by Crippen LogP contribution is 2.47. The molecule has 9 rings (SSSR count). The third-order valence-corrected chi connectivity index (χ3v) is 13.2. The number of phenols is 1. The van der Waals surface area contributed by atoms with Gasteiger partial charge in [-0.1, -0.05) is 24.3 Å². The van der Waals surface area contributed by atoms with Crippen LogP contribution in [-0.4, -0.2) is 127 Å². The first-order chi connectivity index (χ1) is 28.8. The zero-order valence-electron chi connectivity index (χ0n) is 33.1. The molecule has 13 heteroatoms. The Bertz CT molecular complexity index is 2300. The van der Waals surface area contributed by atoms with Crippen molar-refractivity contribution in [2.24, 2.45) is 0 Å². The SMILES string of the molecule is O=C1CCC(N2Cc3cc(N4CCN(CCCN5CCN(CCOc6ccc(Oc7c(-c8cc[c]cc8)sc8cc(O)ccc78)cc6)CC5)CC4)ccc3C2=O)C(=O)N1. The topological polar surface area (TPSA) is 118 Å². The molecule has 4 aliphatic heterocycles. The molecule has 3 saturated heterocycles. The summed E-state index contributed by atoms with van der Waals surface area (Å²) < 4.78 is 13.6. The second-order valence-corrected chi connectivity index (χ2v) is 16.8. The molecule has 1 atom stereocenters. The average molecular weight is 814 g/mol. The summed E-state index contributed by atoms with van der Waals surface area (Å²) in [5.74, 6) is 1.78. The van der Waals surface area contributed by atoms with Gasteiger partial charge in [-0.2, -0.15) is 0 Å². The molecule has 3 fully saturated rings. The second-order valence-electron chi connectivity index (χ2n) is 15.8. The molecular formula is C46H49N6O6S. The number of phenolic OH excluding ortho intramolecular Hbond substituents is 1. The van der Waals surface area contributed by atoms with Gasteiger partial charge in [0.15, 0.2) is 5.75 Å². The van der Waals surface area contributed by atoms with Crippen molar-refractivity contribution in [2.45, 2.75) is 31.8 Å². The number of carbonyl (C=O) groups is 3. The van der Waals surface area contributed by atoms with Gasteiger partial charge in [-0.15, -0.1) is 11.3 Å². The van der Waals surface area contributed by atoms with E-state index < -0.39 is 6.04 Å². The van der Waals surface area contributed by atoms with Gasteiger partial charge < -0.3 is 29.3 Å². The highest BCUT2D eigenvalue weighted by atomic mass is 32.1. The zero-order chi connectivity index (χ0) is 40.3. The third-order valence-electron chi connectivity index (χ3n) is 12.0. The molecular weight excluding hydrogens is 765 g/mol. The normalized spacial score (nSPS) is 19.3. The number of benzene rings is 4. The van der Waals surface area contributed by atoms with Gasteiger partial charge in [-0.3, -0.25) is 29.5 Å². The van der Waals surface area contributed by atoms with Crippen LogP contribution in [0.1, 0.15) is 35.2 Å². The van der Waals surface area contributed by atoms with Crippen molar-refractivity contribution in [3.63, 3.8) is 0 Å². The van der Waals surface area contributed by atoms with E-state index in [2.05, 4.69) is 37.0 Å². The van der Waals surface area contributed by atoms with Crippen LogP contribution >= 0.6 is 11.3 Å². The maximum atomic E-state index is 13.1. The number of anilines is 1. The van der Waals surface area contributed by atoms with Crippen LogP contribution in [0.4, 0.5) is 5.69 Å². The van der Waals surface area contributed by atoms with E-state index in [1.54, 1.807) is 28.4 Å². The number of nitrogens with zero attached hydrogens (tertiary/aromatic N) is 5. The fourth-order valence-electron chi connectivity index (χ4n) is 8.65. The van der Waals surface area contributed by atoms with E-state index >= 15 is 0 Å². The maximum Gasteiger partial charge on any atom is 0.255 e. The van der Waals surface area contributed by atoms with E-state index in [9.17, 15) is 19.5 Å². The number of ether oxygens (including phenoxy) is 2. The summed E-state index contributed by atoms with van der Waals surface area (Å²) in [5, 5.41) is 13.4. The Morgan fingerprint density at radius 1 is 0.780 bits per heavy atom. The number of amides is 3. The third kappa shape index (κ3) is 8.79. The average Bonchev–Trinajstić information content (AvgIpc) is 3.78. The van der Waals surface area contributed by atoms with Gasteiger partial charge in [0.2, 0.25) is 11.8 Å². The molecule has 5 heterocycles. The number of piperazine rings is 2. The molecule has 5 aromatic rings. The number of nitrogens with one attached hydrogen (secondary N) is 1. The Morgan fingerprint density at radius 2 is 1.47 bits per heavy atom. The molecule has 59 heavy (non-hydrogen) atoms. The van der Waals surface area contributed by atoms with Gasteiger partial charge >= 0.3 is 0 Å². The highest BCUT2D eigenvalue weighted by Gasteiger charge is 2.39. The fourth-order valence-corrected chi connectivity index (χ4v) is 9.82. The molecule has 0 saturated carbocycles. The summed E-state index contributed by atoms with van der Waals surface area (Å²) in [6.45, 7) is 12.2. The molecule has 305 valence electrons. The summed E-state index contributed by atoms with van der Waals surface area (Å²) in [7, 11) is 0. The Morgan fingerprint density at radius 3 is 2.20 bits per heavy atom. The highest BCUT2D eigenvalue weighted by molar-refractivity contribution is 7.22. The largest absolute Gasteiger partial charge is 0.508 e.